The molecule has 168 valence electrons. The lowest BCUT2D eigenvalue weighted by molar-refractivity contribution is -0.145. The average Bonchev–Trinajstić information content (AvgIpc) is 2.64. The van der Waals surface area contributed by atoms with Crippen molar-refractivity contribution in [1.82, 2.24) is 0 Å². The number of hydrogen-bond acceptors (Lipinski definition) is 3. The molecule has 0 aromatic carbocycles. The predicted octanol–water partition coefficient (Wildman–Crippen LogP) is 7.68. The SMILES string of the molecule is CCC(C)OC(C)=O.CCCCCCCCCCCCCCCCCC(=O)O. The molecular weight excluding hydrogens is 352 g/mol. The van der Waals surface area contributed by atoms with E-state index >= 15 is 0 Å². The minimum atomic E-state index is -0.653. The maximum atomic E-state index is 10.3. The van der Waals surface area contributed by atoms with Crippen molar-refractivity contribution in [3.63, 3.8) is 0 Å². The van der Waals surface area contributed by atoms with E-state index in [9.17, 15) is 9.59 Å². The van der Waals surface area contributed by atoms with Crippen LogP contribution in [0.5, 0.6) is 0 Å². The Bertz CT molecular complexity index is 341. The topological polar surface area (TPSA) is 63.6 Å². The number of aliphatic carboxylic acids is 1. The minimum absolute atomic E-state index is 0.0764. The van der Waals surface area contributed by atoms with Gasteiger partial charge >= 0.3 is 11.9 Å². The van der Waals surface area contributed by atoms with Crippen molar-refractivity contribution in [1.29, 1.82) is 0 Å². The first-order valence-electron chi connectivity index (χ1n) is 11.8. The Morgan fingerprint density at radius 2 is 1.07 bits per heavy atom. The molecule has 1 N–H and O–H groups in total. The van der Waals surface area contributed by atoms with Gasteiger partial charge in [-0.2, -0.15) is 0 Å². The van der Waals surface area contributed by atoms with Gasteiger partial charge in [0, 0.05) is 13.3 Å². The minimum Gasteiger partial charge on any atom is -0.481 e. The molecule has 0 radical (unpaired) electrons. The molecule has 0 amide bonds. The van der Waals surface area contributed by atoms with Gasteiger partial charge in [0.05, 0.1) is 6.10 Å². The maximum absolute atomic E-state index is 10.3. The summed E-state index contributed by atoms with van der Waals surface area (Å²) in [5.74, 6) is -0.848. The number of carboxylic acids is 1. The monoisotopic (exact) mass is 400 g/mol. The van der Waals surface area contributed by atoms with E-state index in [0.29, 0.717) is 6.42 Å². The second kappa shape index (κ2) is 24.0. The third kappa shape index (κ3) is 29.7. The van der Waals surface area contributed by atoms with Crippen molar-refractivity contribution in [2.24, 2.45) is 0 Å². The Morgan fingerprint density at radius 3 is 1.32 bits per heavy atom. The van der Waals surface area contributed by atoms with Gasteiger partial charge in [-0.15, -0.1) is 0 Å². The molecule has 0 spiro atoms. The van der Waals surface area contributed by atoms with E-state index in [4.69, 9.17) is 9.84 Å². The van der Waals surface area contributed by atoms with Crippen molar-refractivity contribution in [2.75, 3.05) is 0 Å². The molecule has 0 aliphatic heterocycles. The van der Waals surface area contributed by atoms with E-state index in [-0.39, 0.29) is 12.1 Å². The Kier molecular flexibility index (Phi) is 25.0. The molecule has 0 bridgehead atoms. The van der Waals surface area contributed by atoms with Crippen molar-refractivity contribution in [2.45, 2.75) is 143 Å². The second-order valence-electron chi connectivity index (χ2n) is 7.92. The largest absolute Gasteiger partial charge is 0.481 e. The summed E-state index contributed by atoms with van der Waals surface area (Å²) in [5, 5.41) is 8.52. The highest BCUT2D eigenvalue weighted by atomic mass is 16.5. The molecule has 0 aliphatic carbocycles. The molecule has 0 saturated heterocycles. The molecule has 1 atom stereocenters. The molecule has 0 aromatic heterocycles. The molecule has 0 fully saturated rings. The van der Waals surface area contributed by atoms with Crippen LogP contribution in [0.25, 0.3) is 0 Å². The first kappa shape index (κ1) is 29.1. The zero-order chi connectivity index (χ0) is 21.5. The lowest BCUT2D eigenvalue weighted by atomic mass is 10.0. The van der Waals surface area contributed by atoms with Gasteiger partial charge < -0.3 is 9.84 Å². The van der Waals surface area contributed by atoms with Crippen LogP contribution in [0.3, 0.4) is 0 Å². The Labute approximate surface area is 174 Å². The van der Waals surface area contributed by atoms with E-state index < -0.39 is 5.97 Å². The highest BCUT2D eigenvalue weighted by Gasteiger charge is 1.99. The number of esters is 1. The fourth-order valence-electron chi connectivity index (χ4n) is 3.01. The lowest BCUT2D eigenvalue weighted by Crippen LogP contribution is -2.09. The van der Waals surface area contributed by atoms with Gasteiger partial charge in [0.15, 0.2) is 0 Å². The average molecular weight is 401 g/mol. The molecule has 0 aromatic rings. The van der Waals surface area contributed by atoms with Crippen LogP contribution in [0.1, 0.15) is 137 Å². The summed E-state index contributed by atoms with van der Waals surface area (Å²) in [7, 11) is 0. The van der Waals surface area contributed by atoms with Crippen LogP contribution in [-0.4, -0.2) is 23.1 Å². The quantitative estimate of drug-likeness (QED) is 0.189. The molecule has 0 rings (SSSR count). The third-order valence-electron chi connectivity index (χ3n) is 4.94. The zero-order valence-electron chi connectivity index (χ0n) is 19.3. The van der Waals surface area contributed by atoms with Crippen LogP contribution < -0.4 is 0 Å². The fraction of sp³-hybridized carbons (Fsp3) is 0.917. The van der Waals surface area contributed by atoms with Crippen LogP contribution in [0.2, 0.25) is 0 Å². The van der Waals surface area contributed by atoms with Crippen LogP contribution in [0, 0.1) is 0 Å². The molecule has 4 heteroatoms. The van der Waals surface area contributed by atoms with Gasteiger partial charge in [0.25, 0.3) is 0 Å². The number of ether oxygens (including phenoxy) is 1. The van der Waals surface area contributed by atoms with Gasteiger partial charge in [-0.3, -0.25) is 9.59 Å². The zero-order valence-corrected chi connectivity index (χ0v) is 19.3. The number of rotatable bonds is 18. The van der Waals surface area contributed by atoms with Crippen molar-refractivity contribution in [3.8, 4) is 0 Å². The number of unbranched alkanes of at least 4 members (excludes halogenated alkanes) is 14. The summed E-state index contributed by atoms with van der Waals surface area (Å²) < 4.78 is 4.76. The molecular formula is C24H48O4. The Balaban J connectivity index is 0. The summed E-state index contributed by atoms with van der Waals surface area (Å²) >= 11 is 0. The predicted molar refractivity (Wildman–Crippen MR) is 119 cm³/mol. The maximum Gasteiger partial charge on any atom is 0.303 e. The Hall–Kier alpha value is -1.06. The lowest BCUT2D eigenvalue weighted by Gasteiger charge is -2.06. The van der Waals surface area contributed by atoms with E-state index in [1.54, 1.807) is 0 Å². The van der Waals surface area contributed by atoms with E-state index in [2.05, 4.69) is 6.92 Å². The van der Waals surface area contributed by atoms with Gasteiger partial charge in [0.1, 0.15) is 0 Å². The molecule has 1 unspecified atom stereocenters. The van der Waals surface area contributed by atoms with Gasteiger partial charge in [0.2, 0.25) is 0 Å². The van der Waals surface area contributed by atoms with Crippen molar-refractivity contribution in [3.05, 3.63) is 0 Å². The van der Waals surface area contributed by atoms with E-state index in [1.807, 2.05) is 13.8 Å². The van der Waals surface area contributed by atoms with Gasteiger partial charge in [-0.05, 0) is 19.8 Å². The summed E-state index contributed by atoms with van der Waals surface area (Å²) in [6.07, 6.45) is 21.2. The van der Waals surface area contributed by atoms with Gasteiger partial charge in [-0.1, -0.05) is 104 Å². The summed E-state index contributed by atoms with van der Waals surface area (Å²) in [5.41, 5.74) is 0. The number of carbonyl (C=O) groups is 2. The number of hydrogen-bond donors (Lipinski definition) is 1. The van der Waals surface area contributed by atoms with E-state index in [0.717, 1.165) is 19.3 Å². The van der Waals surface area contributed by atoms with Crippen molar-refractivity contribution >= 4 is 11.9 Å². The Morgan fingerprint density at radius 1 is 0.714 bits per heavy atom. The van der Waals surface area contributed by atoms with Crippen LogP contribution in [0.15, 0.2) is 0 Å². The first-order chi connectivity index (χ1) is 13.4. The highest BCUT2D eigenvalue weighted by molar-refractivity contribution is 5.66. The van der Waals surface area contributed by atoms with Crippen molar-refractivity contribution < 1.29 is 19.4 Å². The first-order valence-corrected chi connectivity index (χ1v) is 11.8. The fourth-order valence-corrected chi connectivity index (χ4v) is 3.01. The number of carboxylic acid groups (broad SMARTS) is 1. The van der Waals surface area contributed by atoms with Crippen LogP contribution in [0.4, 0.5) is 0 Å². The van der Waals surface area contributed by atoms with Crippen LogP contribution in [-0.2, 0) is 14.3 Å². The van der Waals surface area contributed by atoms with Crippen LogP contribution >= 0.6 is 0 Å². The third-order valence-corrected chi connectivity index (χ3v) is 4.94. The standard InChI is InChI=1S/C18H36O2.C6H12O2/c1-2-3-4-5-6-7-8-9-10-11-12-13-14-15-16-17-18(19)20;1-4-5(2)8-6(3)7/h2-17H2,1H3,(H,19,20);5H,4H2,1-3H3. The summed E-state index contributed by atoms with van der Waals surface area (Å²) in [6, 6.07) is 0. The van der Waals surface area contributed by atoms with E-state index in [1.165, 1.54) is 90.4 Å². The normalized spacial score (nSPS) is 11.4. The second-order valence-corrected chi connectivity index (χ2v) is 7.92. The highest BCUT2D eigenvalue weighted by Crippen LogP contribution is 2.13. The van der Waals surface area contributed by atoms with Gasteiger partial charge in [-0.25, -0.2) is 0 Å². The molecule has 4 nitrogen and oxygen atoms in total. The molecule has 0 heterocycles. The molecule has 28 heavy (non-hydrogen) atoms. The molecule has 0 saturated carbocycles. The molecule has 0 aliphatic rings. The summed E-state index contributed by atoms with van der Waals surface area (Å²) in [6.45, 7) is 7.55. The smallest absolute Gasteiger partial charge is 0.303 e. The summed E-state index contributed by atoms with van der Waals surface area (Å²) in [4.78, 5) is 20.5. The number of carbonyl (C=O) groups excluding carboxylic acids is 1.